The van der Waals surface area contributed by atoms with Gasteiger partial charge < -0.3 is 10.6 Å². The molecule has 0 saturated carbocycles. The number of nitrogens with one attached hydrogen (secondary N) is 3. The molecular weight excluding hydrogens is 246 g/mol. The lowest BCUT2D eigenvalue weighted by Gasteiger charge is -2.10. The van der Waals surface area contributed by atoms with Crippen molar-refractivity contribution in [1.82, 2.24) is 25.8 Å². The van der Waals surface area contributed by atoms with Crippen LogP contribution in [0.2, 0.25) is 0 Å². The van der Waals surface area contributed by atoms with E-state index in [-0.39, 0.29) is 17.9 Å². The SMILES string of the molecule is CC(=O)NCCCCCC(=O)NC(C)c1ncn[nH]1. The molecule has 2 amide bonds. The normalized spacial score (nSPS) is 11.9. The Labute approximate surface area is 112 Å². The summed E-state index contributed by atoms with van der Waals surface area (Å²) in [6, 6.07) is -0.158. The van der Waals surface area contributed by atoms with Crippen LogP contribution in [0.5, 0.6) is 0 Å². The molecule has 0 aromatic carbocycles. The molecule has 0 spiro atoms. The van der Waals surface area contributed by atoms with Crippen molar-refractivity contribution in [3.63, 3.8) is 0 Å². The highest BCUT2D eigenvalue weighted by Gasteiger charge is 2.11. The number of hydrogen-bond donors (Lipinski definition) is 3. The van der Waals surface area contributed by atoms with Crippen molar-refractivity contribution in [2.75, 3.05) is 6.54 Å². The van der Waals surface area contributed by atoms with Crippen LogP contribution < -0.4 is 10.6 Å². The smallest absolute Gasteiger partial charge is 0.220 e. The predicted octanol–water partition coefficient (Wildman–Crippen LogP) is 0.678. The maximum Gasteiger partial charge on any atom is 0.220 e. The first kappa shape index (κ1) is 15.1. The summed E-state index contributed by atoms with van der Waals surface area (Å²) in [4.78, 5) is 26.3. The third kappa shape index (κ3) is 6.54. The molecule has 0 aliphatic carbocycles. The number of aromatic nitrogens is 3. The van der Waals surface area contributed by atoms with Gasteiger partial charge in [-0.2, -0.15) is 5.10 Å². The zero-order valence-corrected chi connectivity index (χ0v) is 11.4. The van der Waals surface area contributed by atoms with E-state index < -0.39 is 0 Å². The minimum Gasteiger partial charge on any atom is -0.356 e. The Bertz CT molecular complexity index is 391. The fourth-order valence-corrected chi connectivity index (χ4v) is 1.66. The molecule has 0 fully saturated rings. The van der Waals surface area contributed by atoms with E-state index in [0.29, 0.717) is 18.8 Å². The molecule has 7 nitrogen and oxygen atoms in total. The predicted molar refractivity (Wildman–Crippen MR) is 70.1 cm³/mol. The van der Waals surface area contributed by atoms with Gasteiger partial charge in [0.25, 0.3) is 0 Å². The van der Waals surface area contributed by atoms with Gasteiger partial charge in [0.2, 0.25) is 11.8 Å². The third-order valence-electron chi connectivity index (χ3n) is 2.68. The number of nitrogens with zero attached hydrogens (tertiary/aromatic N) is 2. The van der Waals surface area contributed by atoms with E-state index in [0.717, 1.165) is 19.3 Å². The number of unbranched alkanes of at least 4 members (excludes halogenated alkanes) is 2. The van der Waals surface area contributed by atoms with Gasteiger partial charge in [-0.25, -0.2) is 4.98 Å². The first-order valence-corrected chi connectivity index (χ1v) is 6.48. The monoisotopic (exact) mass is 267 g/mol. The van der Waals surface area contributed by atoms with Gasteiger partial charge in [-0.15, -0.1) is 0 Å². The molecule has 0 saturated heterocycles. The zero-order chi connectivity index (χ0) is 14.1. The molecular formula is C12H21N5O2. The molecule has 0 aliphatic heterocycles. The fourth-order valence-electron chi connectivity index (χ4n) is 1.66. The largest absolute Gasteiger partial charge is 0.356 e. The Morgan fingerprint density at radius 2 is 2.16 bits per heavy atom. The molecule has 1 rings (SSSR count). The van der Waals surface area contributed by atoms with Gasteiger partial charge in [-0.3, -0.25) is 14.7 Å². The van der Waals surface area contributed by atoms with E-state index in [4.69, 9.17) is 0 Å². The van der Waals surface area contributed by atoms with Crippen LogP contribution in [-0.4, -0.2) is 33.5 Å². The summed E-state index contributed by atoms with van der Waals surface area (Å²) in [5.74, 6) is 0.640. The van der Waals surface area contributed by atoms with E-state index >= 15 is 0 Å². The summed E-state index contributed by atoms with van der Waals surface area (Å²) in [5.41, 5.74) is 0. The summed E-state index contributed by atoms with van der Waals surface area (Å²) in [6.45, 7) is 4.03. The Morgan fingerprint density at radius 3 is 2.79 bits per heavy atom. The number of carbonyl (C=O) groups excluding carboxylic acids is 2. The van der Waals surface area contributed by atoms with Crippen LogP contribution in [0.25, 0.3) is 0 Å². The molecule has 106 valence electrons. The van der Waals surface area contributed by atoms with Gasteiger partial charge in [0, 0.05) is 19.9 Å². The van der Waals surface area contributed by atoms with E-state index in [1.165, 1.54) is 13.3 Å². The average molecular weight is 267 g/mol. The van der Waals surface area contributed by atoms with Crippen LogP contribution in [0, 0.1) is 0 Å². The van der Waals surface area contributed by atoms with Crippen molar-refractivity contribution in [3.8, 4) is 0 Å². The van der Waals surface area contributed by atoms with E-state index in [2.05, 4.69) is 25.8 Å². The molecule has 1 aromatic rings. The van der Waals surface area contributed by atoms with Gasteiger partial charge in [0.15, 0.2) is 0 Å². The molecule has 1 heterocycles. The lowest BCUT2D eigenvalue weighted by molar-refractivity contribution is -0.122. The fraction of sp³-hybridized carbons (Fsp3) is 0.667. The van der Waals surface area contributed by atoms with Gasteiger partial charge >= 0.3 is 0 Å². The number of hydrogen-bond acceptors (Lipinski definition) is 4. The van der Waals surface area contributed by atoms with Crippen LogP contribution in [0.3, 0.4) is 0 Å². The summed E-state index contributed by atoms with van der Waals surface area (Å²) in [7, 11) is 0. The minimum absolute atomic E-state index is 0.00317. The van der Waals surface area contributed by atoms with Gasteiger partial charge in [-0.05, 0) is 19.8 Å². The number of aromatic amines is 1. The van der Waals surface area contributed by atoms with Gasteiger partial charge in [0.1, 0.15) is 12.2 Å². The third-order valence-corrected chi connectivity index (χ3v) is 2.68. The van der Waals surface area contributed by atoms with Crippen LogP contribution in [-0.2, 0) is 9.59 Å². The van der Waals surface area contributed by atoms with Crippen LogP contribution in [0.4, 0.5) is 0 Å². The maximum absolute atomic E-state index is 11.6. The van der Waals surface area contributed by atoms with Crippen molar-refractivity contribution < 1.29 is 9.59 Å². The summed E-state index contributed by atoms with van der Waals surface area (Å²) in [5, 5.41) is 12.0. The van der Waals surface area contributed by atoms with E-state index in [1.54, 1.807) is 0 Å². The average Bonchev–Trinajstić information content (AvgIpc) is 2.87. The first-order valence-electron chi connectivity index (χ1n) is 6.48. The zero-order valence-electron chi connectivity index (χ0n) is 11.4. The second-order valence-electron chi connectivity index (χ2n) is 4.45. The number of H-pyrrole nitrogens is 1. The molecule has 0 aliphatic rings. The van der Waals surface area contributed by atoms with Crippen molar-refractivity contribution in [3.05, 3.63) is 12.2 Å². The summed E-state index contributed by atoms with van der Waals surface area (Å²) < 4.78 is 0. The molecule has 3 N–H and O–H groups in total. The molecule has 7 heteroatoms. The van der Waals surface area contributed by atoms with Crippen molar-refractivity contribution >= 4 is 11.8 Å². The van der Waals surface area contributed by atoms with Gasteiger partial charge in [0.05, 0.1) is 6.04 Å². The molecule has 0 bridgehead atoms. The van der Waals surface area contributed by atoms with Crippen LogP contribution >= 0.6 is 0 Å². The molecule has 0 radical (unpaired) electrons. The van der Waals surface area contributed by atoms with Crippen molar-refractivity contribution in [2.24, 2.45) is 0 Å². The maximum atomic E-state index is 11.6. The summed E-state index contributed by atoms with van der Waals surface area (Å²) in [6.07, 6.45) is 4.53. The highest BCUT2D eigenvalue weighted by Crippen LogP contribution is 2.06. The lowest BCUT2D eigenvalue weighted by atomic mass is 10.2. The highest BCUT2D eigenvalue weighted by atomic mass is 16.2. The molecule has 1 unspecified atom stereocenters. The molecule has 1 atom stereocenters. The Morgan fingerprint density at radius 1 is 1.37 bits per heavy atom. The minimum atomic E-state index is -0.158. The number of carbonyl (C=O) groups is 2. The Hall–Kier alpha value is -1.92. The molecule has 1 aromatic heterocycles. The van der Waals surface area contributed by atoms with E-state index in [1.807, 2.05) is 6.92 Å². The van der Waals surface area contributed by atoms with Crippen molar-refractivity contribution in [2.45, 2.75) is 45.6 Å². The van der Waals surface area contributed by atoms with E-state index in [9.17, 15) is 9.59 Å². The molecule has 19 heavy (non-hydrogen) atoms. The highest BCUT2D eigenvalue weighted by molar-refractivity contribution is 5.76. The topological polar surface area (TPSA) is 99.8 Å². The lowest BCUT2D eigenvalue weighted by Crippen LogP contribution is -2.27. The second-order valence-corrected chi connectivity index (χ2v) is 4.45. The van der Waals surface area contributed by atoms with Gasteiger partial charge in [-0.1, -0.05) is 6.42 Å². The Balaban J connectivity index is 2.06. The standard InChI is InChI=1S/C12H21N5O2/c1-9(12-14-8-15-17-12)16-11(19)6-4-3-5-7-13-10(2)18/h8-9H,3-7H2,1-2H3,(H,13,18)(H,16,19)(H,14,15,17). The quantitative estimate of drug-likeness (QED) is 0.603. The summed E-state index contributed by atoms with van der Waals surface area (Å²) >= 11 is 0. The number of amides is 2. The number of rotatable bonds is 8. The first-order chi connectivity index (χ1) is 9.09. The second kappa shape index (κ2) is 8.23. The van der Waals surface area contributed by atoms with Crippen LogP contribution in [0.15, 0.2) is 6.33 Å². The van der Waals surface area contributed by atoms with Crippen LogP contribution in [0.1, 0.15) is 51.4 Å². The Kier molecular flexibility index (Phi) is 6.56. The van der Waals surface area contributed by atoms with Crippen molar-refractivity contribution in [1.29, 1.82) is 0 Å².